The number of hydrogen-bond acceptors (Lipinski definition) is 3. The maximum Gasteiger partial charge on any atom is 0.320 e. The highest BCUT2D eigenvalue weighted by Gasteiger charge is 2.15. The molecule has 0 bridgehead atoms. The van der Waals surface area contributed by atoms with E-state index < -0.39 is 18.6 Å². The Labute approximate surface area is 134 Å². The molecule has 116 valence electrons. The molecule has 0 unspecified atom stereocenters. The topological polar surface area (TPSA) is 32.3 Å². The monoisotopic (exact) mass is 321 g/mol. The van der Waals surface area contributed by atoms with E-state index in [4.69, 9.17) is 0 Å². The molecule has 0 aromatic heterocycles. The van der Waals surface area contributed by atoms with Gasteiger partial charge in [-0.05, 0) is 53.2 Å². The molecule has 6 heteroatoms. The van der Waals surface area contributed by atoms with Gasteiger partial charge in [0.15, 0.2) is 0 Å². The Morgan fingerprint density at radius 1 is 1.14 bits per heavy atom. The van der Waals surface area contributed by atoms with Crippen molar-refractivity contribution in [3.05, 3.63) is 59.2 Å². The van der Waals surface area contributed by atoms with Crippen LogP contribution in [-0.4, -0.2) is 18.5 Å². The molecule has 0 aliphatic rings. The van der Waals surface area contributed by atoms with E-state index in [1.54, 1.807) is 6.82 Å². The Hall–Kier alpha value is -1.37. The summed E-state index contributed by atoms with van der Waals surface area (Å²) < 4.78 is 29.9. The Kier molecular flexibility index (Phi) is 6.00. The van der Waals surface area contributed by atoms with Crippen LogP contribution in [0.2, 0.25) is 6.82 Å². The first-order valence-corrected chi connectivity index (χ1v) is 7.97. The third-order valence-electron chi connectivity index (χ3n) is 3.30. The van der Waals surface area contributed by atoms with E-state index in [1.807, 2.05) is 25.1 Å². The van der Waals surface area contributed by atoms with Crippen LogP contribution in [0, 0.1) is 11.6 Å². The minimum absolute atomic E-state index is 0.318. The van der Waals surface area contributed by atoms with Crippen LogP contribution in [0.15, 0.2) is 41.3 Å². The first kappa shape index (κ1) is 17.0. The average Bonchev–Trinajstić information content (AvgIpc) is 2.48. The van der Waals surface area contributed by atoms with Gasteiger partial charge in [-0.3, -0.25) is 4.72 Å². The van der Waals surface area contributed by atoms with Crippen molar-refractivity contribution in [1.82, 2.24) is 4.72 Å². The molecule has 0 fully saturated rings. The van der Waals surface area contributed by atoms with E-state index in [1.165, 1.54) is 24.1 Å². The number of halogens is 2. The van der Waals surface area contributed by atoms with Crippen LogP contribution >= 0.6 is 11.9 Å². The van der Waals surface area contributed by atoms with Gasteiger partial charge < -0.3 is 5.02 Å². The van der Waals surface area contributed by atoms with Gasteiger partial charge in [-0.15, -0.1) is 0 Å². The molecule has 0 radical (unpaired) electrons. The molecule has 0 saturated heterocycles. The first-order valence-electron chi connectivity index (χ1n) is 7.15. The number of nitrogens with one attached hydrogen (secondary N) is 1. The lowest BCUT2D eigenvalue weighted by atomic mass is 9.62. The summed E-state index contributed by atoms with van der Waals surface area (Å²) in [6.07, 6.45) is 0.318. The number of rotatable bonds is 6. The Bertz CT molecular complexity index is 652. The van der Waals surface area contributed by atoms with Crippen molar-refractivity contribution in [3.63, 3.8) is 0 Å². The van der Waals surface area contributed by atoms with Crippen LogP contribution in [0.5, 0.6) is 0 Å². The summed E-state index contributed by atoms with van der Waals surface area (Å²) in [5, 5.41) is 9.96. The van der Waals surface area contributed by atoms with Crippen LogP contribution < -0.4 is 10.2 Å². The lowest BCUT2D eigenvalue weighted by molar-refractivity contribution is 0.574. The van der Waals surface area contributed by atoms with Gasteiger partial charge in [-0.25, -0.2) is 8.78 Å². The molecule has 0 aliphatic carbocycles. The highest BCUT2D eigenvalue weighted by Crippen LogP contribution is 2.18. The van der Waals surface area contributed by atoms with Crippen LogP contribution in [0.25, 0.3) is 0 Å². The van der Waals surface area contributed by atoms with Crippen molar-refractivity contribution in [3.8, 4) is 0 Å². The fraction of sp³-hybridized carbons (Fsp3) is 0.250. The molecule has 2 aromatic rings. The summed E-state index contributed by atoms with van der Waals surface area (Å²) >= 11 is 1.49. The molecule has 0 spiro atoms. The fourth-order valence-corrected chi connectivity index (χ4v) is 2.85. The molecule has 2 rings (SSSR count). The first-order chi connectivity index (χ1) is 10.5. The second kappa shape index (κ2) is 7.76. The number of hydrogen-bond donors (Lipinski definition) is 2. The summed E-state index contributed by atoms with van der Waals surface area (Å²) in [6.45, 7) is 3.87. The van der Waals surface area contributed by atoms with Gasteiger partial charge in [0.1, 0.15) is 11.6 Å². The third-order valence-corrected chi connectivity index (χ3v) is 4.22. The molecule has 2 nitrogen and oxygen atoms in total. The minimum Gasteiger partial charge on any atom is -0.446 e. The van der Waals surface area contributed by atoms with Crippen molar-refractivity contribution < 1.29 is 13.8 Å². The molecule has 0 amide bonds. The highest BCUT2D eigenvalue weighted by molar-refractivity contribution is 7.97. The minimum atomic E-state index is -0.652. The second-order valence-corrected chi connectivity index (χ2v) is 6.01. The smallest absolute Gasteiger partial charge is 0.320 e. The average molecular weight is 321 g/mol. The van der Waals surface area contributed by atoms with E-state index >= 15 is 0 Å². The van der Waals surface area contributed by atoms with Crippen molar-refractivity contribution >= 4 is 24.3 Å². The van der Waals surface area contributed by atoms with E-state index in [2.05, 4.69) is 4.72 Å². The molecule has 2 aromatic carbocycles. The van der Waals surface area contributed by atoms with E-state index in [0.717, 1.165) is 28.5 Å². The molecule has 0 aliphatic heterocycles. The summed E-state index contributed by atoms with van der Waals surface area (Å²) in [7, 11) is 0. The predicted molar refractivity (Wildman–Crippen MR) is 88.6 cm³/mol. The lowest BCUT2D eigenvalue weighted by Crippen LogP contribution is -2.30. The van der Waals surface area contributed by atoms with E-state index in [0.29, 0.717) is 12.0 Å². The highest BCUT2D eigenvalue weighted by atomic mass is 32.2. The third kappa shape index (κ3) is 4.32. The number of benzene rings is 2. The van der Waals surface area contributed by atoms with E-state index in [9.17, 15) is 13.8 Å². The van der Waals surface area contributed by atoms with Crippen LogP contribution in [0.3, 0.4) is 0 Å². The zero-order valence-electron chi connectivity index (χ0n) is 12.6. The van der Waals surface area contributed by atoms with Crippen molar-refractivity contribution in [2.45, 2.75) is 25.1 Å². The summed E-state index contributed by atoms with van der Waals surface area (Å²) in [5.74, 6) is -1.16. The summed E-state index contributed by atoms with van der Waals surface area (Å²) in [5.41, 5.74) is 2.00. The van der Waals surface area contributed by atoms with Gasteiger partial charge in [-0.1, -0.05) is 25.9 Å². The van der Waals surface area contributed by atoms with Gasteiger partial charge in [0.05, 0.1) is 0 Å². The van der Waals surface area contributed by atoms with Crippen molar-refractivity contribution in [2.75, 3.05) is 6.54 Å². The maximum atomic E-state index is 13.8. The van der Waals surface area contributed by atoms with Gasteiger partial charge in [-0.2, -0.15) is 0 Å². The lowest BCUT2D eigenvalue weighted by Gasteiger charge is -2.13. The molecule has 0 saturated carbocycles. The van der Waals surface area contributed by atoms with Gasteiger partial charge in [0.2, 0.25) is 0 Å². The van der Waals surface area contributed by atoms with Crippen LogP contribution in [0.4, 0.5) is 8.78 Å². The maximum absolute atomic E-state index is 13.8. The molecule has 2 N–H and O–H groups in total. The van der Waals surface area contributed by atoms with Gasteiger partial charge in [0.25, 0.3) is 0 Å². The van der Waals surface area contributed by atoms with Crippen molar-refractivity contribution in [1.29, 1.82) is 0 Å². The Morgan fingerprint density at radius 3 is 2.50 bits per heavy atom. The largest absolute Gasteiger partial charge is 0.446 e. The molecule has 22 heavy (non-hydrogen) atoms. The molecule has 0 heterocycles. The quantitative estimate of drug-likeness (QED) is 0.634. The van der Waals surface area contributed by atoms with Crippen LogP contribution in [0.1, 0.15) is 18.1 Å². The second-order valence-electron chi connectivity index (χ2n) is 5.05. The zero-order chi connectivity index (χ0) is 16.1. The van der Waals surface area contributed by atoms with Gasteiger partial charge in [0, 0.05) is 17.5 Å². The summed E-state index contributed by atoms with van der Waals surface area (Å²) in [4.78, 5) is 0.987. The standard InChI is InChI=1S/C16H18BF2NOS/c1-3-20-22-14-7-5-11(15(10-14)17(2)21)8-12-4-6-13(18)9-16(12)19/h4-7,9-10,20-21H,3,8H2,1-2H3. The molecular formula is C16H18BF2NOS. The summed E-state index contributed by atoms with van der Waals surface area (Å²) in [6, 6.07) is 9.27. The predicted octanol–water partition coefficient (Wildman–Crippen LogP) is 2.99. The Balaban J connectivity index is 2.29. The van der Waals surface area contributed by atoms with Gasteiger partial charge >= 0.3 is 6.92 Å². The van der Waals surface area contributed by atoms with Crippen molar-refractivity contribution in [2.24, 2.45) is 0 Å². The zero-order valence-corrected chi connectivity index (χ0v) is 13.4. The Morgan fingerprint density at radius 2 is 1.86 bits per heavy atom. The fourth-order valence-electron chi connectivity index (χ4n) is 2.21. The van der Waals surface area contributed by atoms with E-state index in [-0.39, 0.29) is 0 Å². The molecule has 0 atom stereocenters. The molecular weight excluding hydrogens is 303 g/mol. The normalized spacial score (nSPS) is 10.8. The van der Waals surface area contributed by atoms with Crippen LogP contribution in [-0.2, 0) is 6.42 Å². The SMILES string of the molecule is CCNSc1ccc(Cc2ccc(F)cc2F)c(B(C)O)c1.